The largest absolute Gasteiger partial charge is 0.394 e. The van der Waals surface area contributed by atoms with Gasteiger partial charge in [-0.1, -0.05) is 18.2 Å². The molecular weight excluding hydrogens is 249 g/mol. The second kappa shape index (κ2) is 6.12. The fraction of sp³-hybridized carbons (Fsp3) is 0.500. The van der Waals surface area contributed by atoms with Crippen LogP contribution in [-0.2, 0) is 14.9 Å². The van der Waals surface area contributed by atoms with Crippen LogP contribution in [0.25, 0.3) is 0 Å². The Morgan fingerprint density at radius 1 is 1.37 bits per heavy atom. The Morgan fingerprint density at radius 3 is 2.74 bits per heavy atom. The molecule has 0 atom stereocenters. The number of ether oxygens (including phenoxy) is 1. The minimum absolute atomic E-state index is 0.0346. The highest BCUT2D eigenvalue weighted by Gasteiger charge is 2.52. The first kappa shape index (κ1) is 14.0. The molecule has 0 aliphatic heterocycles. The zero-order chi connectivity index (χ0) is 13.7. The van der Waals surface area contributed by atoms with Gasteiger partial charge < -0.3 is 15.2 Å². The van der Waals surface area contributed by atoms with Gasteiger partial charge in [0.05, 0.1) is 25.2 Å². The molecule has 104 valence electrons. The number of benzene rings is 1. The van der Waals surface area contributed by atoms with Crippen molar-refractivity contribution in [1.82, 2.24) is 5.32 Å². The summed E-state index contributed by atoms with van der Waals surface area (Å²) < 4.78 is 18.8. The van der Waals surface area contributed by atoms with E-state index in [4.69, 9.17) is 9.84 Å². The number of rotatable bonds is 7. The number of hydrogen-bond acceptors (Lipinski definition) is 3. The number of amides is 1. The Morgan fingerprint density at radius 2 is 2.11 bits per heavy atom. The summed E-state index contributed by atoms with van der Waals surface area (Å²) in [5.41, 5.74) is -0.216. The summed E-state index contributed by atoms with van der Waals surface area (Å²) in [5.74, 6) is -0.475. The smallest absolute Gasteiger partial charge is 0.230 e. The number of nitrogens with one attached hydrogen (secondary N) is 1. The fourth-order valence-corrected chi connectivity index (χ4v) is 2.17. The molecule has 0 spiro atoms. The maximum absolute atomic E-state index is 13.7. The van der Waals surface area contributed by atoms with Gasteiger partial charge in [0.15, 0.2) is 0 Å². The van der Waals surface area contributed by atoms with Crippen LogP contribution in [0.2, 0.25) is 0 Å². The number of carbonyl (C=O) groups is 1. The van der Waals surface area contributed by atoms with Crippen LogP contribution < -0.4 is 5.32 Å². The van der Waals surface area contributed by atoms with E-state index in [1.54, 1.807) is 18.2 Å². The van der Waals surface area contributed by atoms with Crippen molar-refractivity contribution in [1.29, 1.82) is 0 Å². The van der Waals surface area contributed by atoms with Gasteiger partial charge in [0, 0.05) is 12.1 Å². The molecule has 1 saturated carbocycles. The molecule has 2 rings (SSSR count). The summed E-state index contributed by atoms with van der Waals surface area (Å²) >= 11 is 0. The Kier molecular flexibility index (Phi) is 4.50. The van der Waals surface area contributed by atoms with Crippen molar-refractivity contribution < 1.29 is 19.0 Å². The zero-order valence-electron chi connectivity index (χ0n) is 10.7. The third-order valence-electron chi connectivity index (χ3n) is 3.34. The molecule has 0 bridgehead atoms. The second-order valence-electron chi connectivity index (χ2n) is 4.65. The molecule has 1 aliphatic rings. The van der Waals surface area contributed by atoms with Gasteiger partial charge >= 0.3 is 0 Å². The van der Waals surface area contributed by atoms with Crippen molar-refractivity contribution >= 4 is 5.91 Å². The normalized spacial score (nSPS) is 16.1. The third kappa shape index (κ3) is 3.11. The average Bonchev–Trinajstić information content (AvgIpc) is 3.20. The Balaban J connectivity index is 1.90. The lowest BCUT2D eigenvalue weighted by atomic mass is 9.94. The van der Waals surface area contributed by atoms with Crippen LogP contribution in [0.5, 0.6) is 0 Å². The highest BCUT2D eigenvalue weighted by molar-refractivity contribution is 5.91. The van der Waals surface area contributed by atoms with E-state index in [1.807, 2.05) is 0 Å². The molecule has 19 heavy (non-hydrogen) atoms. The molecule has 2 N–H and O–H groups in total. The van der Waals surface area contributed by atoms with Gasteiger partial charge in [-0.25, -0.2) is 4.39 Å². The van der Waals surface area contributed by atoms with Crippen molar-refractivity contribution in [3.63, 3.8) is 0 Å². The Hall–Kier alpha value is -1.46. The molecule has 1 aromatic rings. The lowest BCUT2D eigenvalue weighted by Crippen LogP contribution is -2.37. The first-order valence-electron chi connectivity index (χ1n) is 6.42. The average molecular weight is 267 g/mol. The van der Waals surface area contributed by atoms with E-state index in [0.717, 1.165) is 0 Å². The molecule has 0 aromatic heterocycles. The van der Waals surface area contributed by atoms with Gasteiger partial charge in [-0.15, -0.1) is 0 Å². The van der Waals surface area contributed by atoms with Crippen LogP contribution in [0.15, 0.2) is 24.3 Å². The maximum atomic E-state index is 13.7. The van der Waals surface area contributed by atoms with E-state index in [1.165, 1.54) is 6.07 Å². The topological polar surface area (TPSA) is 58.6 Å². The van der Waals surface area contributed by atoms with Crippen LogP contribution in [0.4, 0.5) is 4.39 Å². The first-order valence-corrected chi connectivity index (χ1v) is 6.42. The van der Waals surface area contributed by atoms with Crippen LogP contribution in [0, 0.1) is 5.82 Å². The number of hydrogen-bond donors (Lipinski definition) is 2. The minimum atomic E-state index is -0.692. The van der Waals surface area contributed by atoms with E-state index in [-0.39, 0.29) is 24.9 Å². The highest BCUT2D eigenvalue weighted by atomic mass is 19.1. The minimum Gasteiger partial charge on any atom is -0.394 e. The first-order chi connectivity index (χ1) is 9.20. The van der Waals surface area contributed by atoms with E-state index >= 15 is 0 Å². The van der Waals surface area contributed by atoms with Crippen molar-refractivity contribution in [2.24, 2.45) is 0 Å². The van der Waals surface area contributed by atoms with Gasteiger partial charge in [-0.3, -0.25) is 4.79 Å². The number of carbonyl (C=O) groups excluding carboxylic acids is 1. The van der Waals surface area contributed by atoms with Crippen molar-refractivity contribution in [2.75, 3.05) is 26.4 Å². The molecule has 1 aliphatic carbocycles. The molecule has 0 unspecified atom stereocenters. The molecule has 0 heterocycles. The maximum Gasteiger partial charge on any atom is 0.230 e. The quantitative estimate of drug-likeness (QED) is 0.724. The molecule has 1 aromatic carbocycles. The number of aliphatic hydroxyl groups excluding tert-OH is 1. The number of halogens is 1. The van der Waals surface area contributed by atoms with Crippen LogP contribution in [0.1, 0.15) is 18.4 Å². The van der Waals surface area contributed by atoms with Crippen LogP contribution >= 0.6 is 0 Å². The lowest BCUT2D eigenvalue weighted by Gasteiger charge is -2.16. The zero-order valence-corrected chi connectivity index (χ0v) is 10.7. The summed E-state index contributed by atoms with van der Waals surface area (Å²) in [7, 11) is 0. The van der Waals surface area contributed by atoms with Crippen molar-refractivity contribution in [3.05, 3.63) is 35.6 Å². The van der Waals surface area contributed by atoms with E-state index in [0.29, 0.717) is 31.6 Å². The SMILES string of the molecule is O=C(NCCOCCO)C1(c2ccccc2F)CC1. The summed E-state index contributed by atoms with van der Waals surface area (Å²) in [6.45, 7) is 0.941. The third-order valence-corrected chi connectivity index (χ3v) is 3.34. The van der Waals surface area contributed by atoms with Gasteiger partial charge in [0.2, 0.25) is 5.91 Å². The molecule has 0 saturated heterocycles. The standard InChI is InChI=1S/C14H18FNO3/c15-12-4-2-1-3-11(12)14(5-6-14)13(18)16-7-9-19-10-8-17/h1-4,17H,5-10H2,(H,16,18). The van der Waals surface area contributed by atoms with Gasteiger partial charge in [0.1, 0.15) is 5.82 Å². The van der Waals surface area contributed by atoms with Gasteiger partial charge in [0.25, 0.3) is 0 Å². The summed E-state index contributed by atoms with van der Waals surface area (Å²) in [4.78, 5) is 12.1. The van der Waals surface area contributed by atoms with Gasteiger partial charge in [-0.05, 0) is 18.9 Å². The van der Waals surface area contributed by atoms with Crippen molar-refractivity contribution in [2.45, 2.75) is 18.3 Å². The van der Waals surface area contributed by atoms with E-state index in [2.05, 4.69) is 5.32 Å². The molecule has 0 radical (unpaired) electrons. The second-order valence-corrected chi connectivity index (χ2v) is 4.65. The number of aliphatic hydroxyl groups is 1. The fourth-order valence-electron chi connectivity index (χ4n) is 2.17. The Labute approximate surface area is 111 Å². The molecule has 1 amide bonds. The predicted octanol–water partition coefficient (Wildman–Crippen LogP) is 0.982. The predicted molar refractivity (Wildman–Crippen MR) is 68.2 cm³/mol. The molecule has 5 heteroatoms. The summed E-state index contributed by atoms with van der Waals surface area (Å²) in [6, 6.07) is 6.42. The highest BCUT2D eigenvalue weighted by Crippen LogP contribution is 2.49. The Bertz CT molecular complexity index is 446. The summed E-state index contributed by atoms with van der Waals surface area (Å²) in [6.07, 6.45) is 1.36. The molecule has 4 nitrogen and oxygen atoms in total. The molecule has 1 fully saturated rings. The van der Waals surface area contributed by atoms with E-state index in [9.17, 15) is 9.18 Å². The van der Waals surface area contributed by atoms with Gasteiger partial charge in [-0.2, -0.15) is 0 Å². The van der Waals surface area contributed by atoms with Crippen molar-refractivity contribution in [3.8, 4) is 0 Å². The van der Waals surface area contributed by atoms with Crippen LogP contribution in [-0.4, -0.2) is 37.4 Å². The van der Waals surface area contributed by atoms with Crippen LogP contribution in [0.3, 0.4) is 0 Å². The summed E-state index contributed by atoms with van der Waals surface area (Å²) in [5, 5.41) is 11.3. The van der Waals surface area contributed by atoms with E-state index < -0.39 is 5.41 Å². The lowest BCUT2D eigenvalue weighted by molar-refractivity contribution is -0.123. The monoisotopic (exact) mass is 267 g/mol. The molecular formula is C14H18FNO3.